The van der Waals surface area contributed by atoms with E-state index < -0.39 is 0 Å². The Morgan fingerprint density at radius 1 is 1.08 bits per heavy atom. The lowest BCUT2D eigenvalue weighted by Crippen LogP contribution is -2.13. The van der Waals surface area contributed by atoms with Crippen molar-refractivity contribution in [3.8, 4) is 5.75 Å². The van der Waals surface area contributed by atoms with E-state index in [0.717, 1.165) is 11.3 Å². The van der Waals surface area contributed by atoms with Crippen LogP contribution in [0.4, 0.5) is 16.0 Å². The first-order valence-electron chi connectivity index (χ1n) is 7.90. The molecule has 0 saturated carbocycles. The van der Waals surface area contributed by atoms with Crippen molar-refractivity contribution in [3.63, 3.8) is 0 Å². The van der Waals surface area contributed by atoms with E-state index in [4.69, 9.17) is 4.74 Å². The Bertz CT molecular complexity index is 883. The Hall–Kier alpha value is -3.48. The minimum atomic E-state index is -0.368. The van der Waals surface area contributed by atoms with Gasteiger partial charge in [0.25, 0.3) is 5.91 Å². The highest BCUT2D eigenvalue weighted by atomic mass is 19.1. The second-order valence-corrected chi connectivity index (χ2v) is 5.42. The van der Waals surface area contributed by atoms with Crippen LogP contribution in [0.2, 0.25) is 0 Å². The van der Waals surface area contributed by atoms with E-state index in [0.29, 0.717) is 23.7 Å². The van der Waals surface area contributed by atoms with E-state index in [1.807, 2.05) is 24.3 Å². The van der Waals surface area contributed by atoms with Gasteiger partial charge in [-0.3, -0.25) is 4.79 Å². The number of carbonyl (C=O) groups is 1. The number of hydrogen-bond donors (Lipinski definition) is 2. The van der Waals surface area contributed by atoms with Crippen LogP contribution in [0, 0.1) is 5.82 Å². The van der Waals surface area contributed by atoms with Gasteiger partial charge in [0.2, 0.25) is 5.95 Å². The molecule has 1 heterocycles. The van der Waals surface area contributed by atoms with Crippen molar-refractivity contribution in [2.45, 2.75) is 6.54 Å². The van der Waals surface area contributed by atoms with Crippen molar-refractivity contribution >= 4 is 17.5 Å². The van der Waals surface area contributed by atoms with E-state index in [1.165, 1.54) is 36.7 Å². The van der Waals surface area contributed by atoms with Crippen molar-refractivity contribution < 1.29 is 13.9 Å². The maximum Gasteiger partial charge on any atom is 0.258 e. The van der Waals surface area contributed by atoms with Gasteiger partial charge in [-0.05, 0) is 30.3 Å². The summed E-state index contributed by atoms with van der Waals surface area (Å²) in [7, 11) is 1.61. The number of anilines is 2. The predicted molar refractivity (Wildman–Crippen MR) is 96.7 cm³/mol. The SMILES string of the molecule is COc1ccccc1CNc1ncc(C(=O)Nc2ccc(F)cc2)cn1. The molecule has 0 aliphatic carbocycles. The summed E-state index contributed by atoms with van der Waals surface area (Å²) in [6, 6.07) is 13.1. The van der Waals surface area contributed by atoms with E-state index in [1.54, 1.807) is 7.11 Å². The molecule has 132 valence electrons. The van der Waals surface area contributed by atoms with Crippen LogP contribution in [-0.2, 0) is 6.54 Å². The van der Waals surface area contributed by atoms with Gasteiger partial charge < -0.3 is 15.4 Å². The molecule has 0 radical (unpaired) electrons. The first-order valence-corrected chi connectivity index (χ1v) is 7.90. The molecule has 1 amide bonds. The van der Waals surface area contributed by atoms with E-state index >= 15 is 0 Å². The van der Waals surface area contributed by atoms with Crippen molar-refractivity contribution in [2.75, 3.05) is 17.7 Å². The van der Waals surface area contributed by atoms with Crippen LogP contribution < -0.4 is 15.4 Å². The average molecular weight is 352 g/mol. The van der Waals surface area contributed by atoms with Gasteiger partial charge >= 0.3 is 0 Å². The summed E-state index contributed by atoms with van der Waals surface area (Å²) in [6.45, 7) is 0.491. The highest BCUT2D eigenvalue weighted by Crippen LogP contribution is 2.18. The minimum Gasteiger partial charge on any atom is -0.496 e. The third-order valence-corrected chi connectivity index (χ3v) is 3.65. The fraction of sp³-hybridized carbons (Fsp3) is 0.105. The molecule has 1 aromatic heterocycles. The number of ether oxygens (including phenoxy) is 1. The highest BCUT2D eigenvalue weighted by Gasteiger charge is 2.08. The number of hydrogen-bond acceptors (Lipinski definition) is 5. The summed E-state index contributed by atoms with van der Waals surface area (Å²) < 4.78 is 18.2. The Morgan fingerprint density at radius 3 is 2.46 bits per heavy atom. The molecule has 2 aromatic carbocycles. The number of nitrogens with zero attached hydrogens (tertiary/aromatic N) is 2. The molecule has 0 bridgehead atoms. The molecule has 3 rings (SSSR count). The van der Waals surface area contributed by atoms with Gasteiger partial charge in [0.15, 0.2) is 0 Å². The number of benzene rings is 2. The van der Waals surface area contributed by atoms with Crippen LogP contribution in [0.1, 0.15) is 15.9 Å². The van der Waals surface area contributed by atoms with Gasteiger partial charge in [-0.15, -0.1) is 0 Å². The molecule has 0 atom stereocenters. The minimum absolute atomic E-state index is 0.303. The van der Waals surface area contributed by atoms with Crippen LogP contribution >= 0.6 is 0 Å². The van der Waals surface area contributed by atoms with E-state index in [-0.39, 0.29) is 11.7 Å². The van der Waals surface area contributed by atoms with Gasteiger partial charge in [-0.1, -0.05) is 18.2 Å². The summed E-state index contributed by atoms with van der Waals surface area (Å²) in [4.78, 5) is 20.4. The second kappa shape index (κ2) is 8.06. The van der Waals surface area contributed by atoms with Crippen LogP contribution in [0.15, 0.2) is 60.9 Å². The molecular weight excluding hydrogens is 335 g/mol. The van der Waals surface area contributed by atoms with Crippen molar-refractivity contribution in [2.24, 2.45) is 0 Å². The summed E-state index contributed by atoms with van der Waals surface area (Å²) in [6.07, 6.45) is 2.85. The third-order valence-electron chi connectivity index (χ3n) is 3.65. The summed E-state index contributed by atoms with van der Waals surface area (Å²) in [5, 5.41) is 5.74. The Kier molecular flexibility index (Phi) is 5.38. The standard InChI is InChI=1S/C19H17FN4O2/c1-26-17-5-3-2-4-13(17)10-21-19-22-11-14(12-23-19)18(25)24-16-8-6-15(20)7-9-16/h2-9,11-12H,10H2,1H3,(H,24,25)(H,21,22,23). The fourth-order valence-corrected chi connectivity index (χ4v) is 2.30. The number of nitrogens with one attached hydrogen (secondary N) is 2. The lowest BCUT2D eigenvalue weighted by molar-refractivity contribution is 0.102. The quantitative estimate of drug-likeness (QED) is 0.710. The molecule has 0 aliphatic heterocycles. The zero-order valence-electron chi connectivity index (χ0n) is 14.1. The molecule has 26 heavy (non-hydrogen) atoms. The molecule has 3 aromatic rings. The molecule has 7 heteroatoms. The number of para-hydroxylation sites is 1. The zero-order chi connectivity index (χ0) is 18.4. The summed E-state index contributed by atoms with van der Waals surface area (Å²) in [5.41, 5.74) is 1.77. The zero-order valence-corrected chi connectivity index (χ0v) is 14.1. The average Bonchev–Trinajstić information content (AvgIpc) is 2.68. The topological polar surface area (TPSA) is 76.1 Å². The largest absolute Gasteiger partial charge is 0.496 e. The van der Waals surface area contributed by atoms with Crippen molar-refractivity contribution in [3.05, 3.63) is 77.9 Å². The lowest BCUT2D eigenvalue weighted by atomic mass is 10.2. The molecule has 0 unspecified atom stereocenters. The molecule has 0 spiro atoms. The molecule has 0 saturated heterocycles. The number of methoxy groups -OCH3 is 1. The smallest absolute Gasteiger partial charge is 0.258 e. The first kappa shape index (κ1) is 17.3. The highest BCUT2D eigenvalue weighted by molar-refractivity contribution is 6.03. The number of halogens is 1. The van der Waals surface area contributed by atoms with Crippen LogP contribution in [0.5, 0.6) is 5.75 Å². The maximum atomic E-state index is 12.9. The predicted octanol–water partition coefficient (Wildman–Crippen LogP) is 3.49. The van der Waals surface area contributed by atoms with Gasteiger partial charge in [0.1, 0.15) is 11.6 Å². The van der Waals surface area contributed by atoms with Crippen LogP contribution in [0.3, 0.4) is 0 Å². The van der Waals surface area contributed by atoms with Crippen LogP contribution in [0.25, 0.3) is 0 Å². The molecule has 0 fully saturated rings. The van der Waals surface area contributed by atoms with Gasteiger partial charge in [-0.25, -0.2) is 14.4 Å². The van der Waals surface area contributed by atoms with Gasteiger partial charge in [-0.2, -0.15) is 0 Å². The van der Waals surface area contributed by atoms with E-state index in [2.05, 4.69) is 20.6 Å². The third kappa shape index (κ3) is 4.32. The number of carbonyl (C=O) groups excluding carboxylic acids is 1. The molecular formula is C19H17FN4O2. The molecule has 0 aliphatic rings. The normalized spacial score (nSPS) is 10.2. The fourth-order valence-electron chi connectivity index (χ4n) is 2.30. The van der Waals surface area contributed by atoms with E-state index in [9.17, 15) is 9.18 Å². The number of rotatable bonds is 6. The van der Waals surface area contributed by atoms with Crippen LogP contribution in [-0.4, -0.2) is 23.0 Å². The van der Waals surface area contributed by atoms with Crippen molar-refractivity contribution in [1.82, 2.24) is 9.97 Å². The number of amides is 1. The second-order valence-electron chi connectivity index (χ2n) is 5.42. The Balaban J connectivity index is 1.61. The lowest BCUT2D eigenvalue weighted by Gasteiger charge is -2.09. The van der Waals surface area contributed by atoms with Gasteiger partial charge in [0.05, 0.1) is 12.7 Å². The van der Waals surface area contributed by atoms with Crippen molar-refractivity contribution in [1.29, 1.82) is 0 Å². The summed E-state index contributed by atoms with van der Waals surface area (Å²) >= 11 is 0. The molecule has 2 N–H and O–H groups in total. The monoisotopic (exact) mass is 352 g/mol. The number of aromatic nitrogens is 2. The summed E-state index contributed by atoms with van der Waals surface area (Å²) in [5.74, 6) is 0.439. The first-order chi connectivity index (χ1) is 12.7. The Morgan fingerprint density at radius 2 is 1.77 bits per heavy atom. The van der Waals surface area contributed by atoms with Gasteiger partial charge in [0, 0.05) is 30.2 Å². The Labute approximate surface area is 150 Å². The maximum absolute atomic E-state index is 12.9. The molecule has 6 nitrogen and oxygen atoms in total.